The van der Waals surface area contributed by atoms with Crippen molar-refractivity contribution in [3.8, 4) is 17.1 Å². The minimum atomic E-state index is 0.228. The number of aromatic amines is 1. The van der Waals surface area contributed by atoms with E-state index in [4.69, 9.17) is 11.6 Å². The fourth-order valence-electron chi connectivity index (χ4n) is 1.63. The van der Waals surface area contributed by atoms with Crippen LogP contribution < -0.4 is 0 Å². The van der Waals surface area contributed by atoms with Crippen molar-refractivity contribution in [3.63, 3.8) is 0 Å². The van der Waals surface area contributed by atoms with E-state index in [1.165, 1.54) is 0 Å². The van der Waals surface area contributed by atoms with Crippen molar-refractivity contribution < 1.29 is 5.11 Å². The molecule has 2 heterocycles. The van der Waals surface area contributed by atoms with Crippen molar-refractivity contribution in [1.82, 2.24) is 15.0 Å². The van der Waals surface area contributed by atoms with Gasteiger partial charge in [-0.25, -0.2) is 9.97 Å². The van der Waals surface area contributed by atoms with Gasteiger partial charge >= 0.3 is 0 Å². The number of fused-ring (bicyclic) bond motifs is 1. The number of halogens is 1. The minimum absolute atomic E-state index is 0.228. The summed E-state index contributed by atoms with van der Waals surface area (Å²) in [6.45, 7) is 0. The molecule has 0 atom stereocenters. The molecular weight excluding hydrogens is 238 g/mol. The number of pyridine rings is 1. The van der Waals surface area contributed by atoms with Gasteiger partial charge in [0, 0.05) is 5.56 Å². The van der Waals surface area contributed by atoms with E-state index >= 15 is 0 Å². The largest absolute Gasteiger partial charge is 0.508 e. The maximum atomic E-state index is 9.22. The number of phenols is 1. The zero-order chi connectivity index (χ0) is 11.8. The van der Waals surface area contributed by atoms with Crippen LogP contribution in [0.4, 0.5) is 0 Å². The molecule has 0 saturated heterocycles. The van der Waals surface area contributed by atoms with Crippen LogP contribution in [-0.2, 0) is 0 Å². The first-order valence-corrected chi connectivity index (χ1v) is 5.42. The van der Waals surface area contributed by atoms with Gasteiger partial charge in [-0.2, -0.15) is 0 Å². The van der Waals surface area contributed by atoms with Crippen LogP contribution in [0.2, 0.25) is 5.15 Å². The van der Waals surface area contributed by atoms with Crippen LogP contribution in [0.5, 0.6) is 5.75 Å². The molecular formula is C12H8ClN3O. The summed E-state index contributed by atoms with van der Waals surface area (Å²) in [7, 11) is 0. The number of imidazole rings is 1. The summed E-state index contributed by atoms with van der Waals surface area (Å²) in [6.07, 6.45) is 0. The third-order valence-corrected chi connectivity index (χ3v) is 2.66. The van der Waals surface area contributed by atoms with Crippen molar-refractivity contribution in [2.75, 3.05) is 0 Å². The summed E-state index contributed by atoms with van der Waals surface area (Å²) in [5.41, 5.74) is 2.30. The number of nitrogens with zero attached hydrogens (tertiary/aromatic N) is 2. The number of rotatable bonds is 1. The highest BCUT2D eigenvalue weighted by molar-refractivity contribution is 6.29. The van der Waals surface area contributed by atoms with Gasteiger partial charge in [-0.05, 0) is 36.4 Å². The van der Waals surface area contributed by atoms with Crippen LogP contribution >= 0.6 is 11.6 Å². The van der Waals surface area contributed by atoms with E-state index in [2.05, 4.69) is 15.0 Å². The maximum Gasteiger partial charge on any atom is 0.179 e. The molecule has 0 fully saturated rings. The third kappa shape index (κ3) is 1.83. The highest BCUT2D eigenvalue weighted by atomic mass is 35.5. The topological polar surface area (TPSA) is 61.8 Å². The normalized spacial score (nSPS) is 10.9. The molecule has 3 aromatic rings. The number of phenolic OH excluding ortho intramolecular Hbond substituents is 1. The van der Waals surface area contributed by atoms with Crippen molar-refractivity contribution in [2.24, 2.45) is 0 Å². The SMILES string of the molecule is Oc1ccc(-c2nc3nc(Cl)ccc3[nH]2)cc1. The lowest BCUT2D eigenvalue weighted by Crippen LogP contribution is -1.79. The molecule has 0 aliphatic heterocycles. The van der Waals surface area contributed by atoms with Crippen LogP contribution in [0.25, 0.3) is 22.6 Å². The molecule has 3 rings (SSSR count). The van der Waals surface area contributed by atoms with Gasteiger partial charge in [0.25, 0.3) is 0 Å². The van der Waals surface area contributed by atoms with Crippen LogP contribution in [0.15, 0.2) is 36.4 Å². The minimum Gasteiger partial charge on any atom is -0.508 e. The smallest absolute Gasteiger partial charge is 0.179 e. The Morgan fingerprint density at radius 1 is 1.00 bits per heavy atom. The van der Waals surface area contributed by atoms with Crippen LogP contribution in [0.1, 0.15) is 0 Å². The fourth-order valence-corrected chi connectivity index (χ4v) is 1.77. The first-order chi connectivity index (χ1) is 8.22. The molecule has 0 aliphatic rings. The van der Waals surface area contributed by atoms with Crippen molar-refractivity contribution in [2.45, 2.75) is 0 Å². The van der Waals surface area contributed by atoms with Crippen molar-refractivity contribution >= 4 is 22.8 Å². The van der Waals surface area contributed by atoms with E-state index in [-0.39, 0.29) is 5.75 Å². The lowest BCUT2D eigenvalue weighted by Gasteiger charge is -1.95. The fraction of sp³-hybridized carbons (Fsp3) is 0. The van der Waals surface area contributed by atoms with Gasteiger partial charge < -0.3 is 10.1 Å². The van der Waals surface area contributed by atoms with Crippen LogP contribution in [0, 0.1) is 0 Å². The number of aromatic nitrogens is 3. The molecule has 2 N–H and O–H groups in total. The molecule has 0 radical (unpaired) electrons. The van der Waals surface area contributed by atoms with Crippen molar-refractivity contribution in [1.29, 1.82) is 0 Å². The number of hydrogen-bond acceptors (Lipinski definition) is 3. The lowest BCUT2D eigenvalue weighted by atomic mass is 10.2. The van der Waals surface area contributed by atoms with Gasteiger partial charge in [0.05, 0.1) is 5.52 Å². The monoisotopic (exact) mass is 245 g/mol. The van der Waals surface area contributed by atoms with Gasteiger partial charge in [0.15, 0.2) is 5.65 Å². The summed E-state index contributed by atoms with van der Waals surface area (Å²) >= 11 is 5.80. The molecule has 0 saturated carbocycles. The zero-order valence-corrected chi connectivity index (χ0v) is 9.44. The number of hydrogen-bond donors (Lipinski definition) is 2. The summed E-state index contributed by atoms with van der Waals surface area (Å²) in [5, 5.41) is 9.64. The Hall–Kier alpha value is -2.07. The average molecular weight is 246 g/mol. The number of nitrogens with one attached hydrogen (secondary N) is 1. The van der Waals surface area contributed by atoms with Crippen LogP contribution in [-0.4, -0.2) is 20.1 Å². The van der Waals surface area contributed by atoms with Crippen molar-refractivity contribution in [3.05, 3.63) is 41.6 Å². The standard InChI is InChI=1S/C12H8ClN3O/c13-10-6-5-9-12(15-10)16-11(14-9)7-1-3-8(17)4-2-7/h1-6,17H,(H,14,15,16). The molecule has 0 spiro atoms. The third-order valence-electron chi connectivity index (χ3n) is 2.45. The summed E-state index contributed by atoms with van der Waals surface area (Å²) in [5.74, 6) is 0.931. The van der Waals surface area contributed by atoms with Gasteiger partial charge in [-0.1, -0.05) is 11.6 Å². The maximum absolute atomic E-state index is 9.22. The molecule has 2 aromatic heterocycles. The molecule has 4 nitrogen and oxygen atoms in total. The molecule has 0 amide bonds. The Bertz CT molecular complexity index is 676. The van der Waals surface area contributed by atoms with E-state index in [0.29, 0.717) is 16.6 Å². The summed E-state index contributed by atoms with van der Waals surface area (Å²) in [6, 6.07) is 10.3. The highest BCUT2D eigenvalue weighted by Crippen LogP contribution is 2.22. The first-order valence-electron chi connectivity index (χ1n) is 5.04. The molecule has 0 bridgehead atoms. The Labute approximate surface area is 102 Å². The van der Waals surface area contributed by atoms with E-state index in [0.717, 1.165) is 11.1 Å². The van der Waals surface area contributed by atoms with Crippen LogP contribution in [0.3, 0.4) is 0 Å². The molecule has 84 valence electrons. The molecule has 0 unspecified atom stereocenters. The van der Waals surface area contributed by atoms with E-state index in [1.807, 2.05) is 6.07 Å². The Balaban J connectivity index is 2.14. The zero-order valence-electron chi connectivity index (χ0n) is 8.68. The van der Waals surface area contributed by atoms with Gasteiger partial charge in [0.2, 0.25) is 0 Å². The Kier molecular flexibility index (Phi) is 2.23. The molecule has 5 heteroatoms. The van der Waals surface area contributed by atoms with Gasteiger partial charge in [0.1, 0.15) is 16.7 Å². The Morgan fingerprint density at radius 2 is 1.76 bits per heavy atom. The predicted molar refractivity (Wildman–Crippen MR) is 66.0 cm³/mol. The molecule has 0 aliphatic carbocycles. The highest BCUT2D eigenvalue weighted by Gasteiger charge is 2.06. The second-order valence-corrected chi connectivity index (χ2v) is 4.02. The molecule has 1 aromatic carbocycles. The van der Waals surface area contributed by atoms with E-state index < -0.39 is 0 Å². The Morgan fingerprint density at radius 3 is 2.53 bits per heavy atom. The number of benzene rings is 1. The quantitative estimate of drug-likeness (QED) is 0.648. The lowest BCUT2D eigenvalue weighted by molar-refractivity contribution is 0.475. The number of H-pyrrole nitrogens is 1. The van der Waals surface area contributed by atoms with Gasteiger partial charge in [-0.15, -0.1) is 0 Å². The number of aromatic hydroxyl groups is 1. The average Bonchev–Trinajstić information content (AvgIpc) is 2.72. The predicted octanol–water partition coefficient (Wildman–Crippen LogP) is 2.98. The first kappa shape index (κ1) is 10.1. The van der Waals surface area contributed by atoms with E-state index in [9.17, 15) is 5.11 Å². The second-order valence-electron chi connectivity index (χ2n) is 3.64. The molecule has 17 heavy (non-hydrogen) atoms. The summed E-state index contributed by atoms with van der Waals surface area (Å²) in [4.78, 5) is 11.6. The summed E-state index contributed by atoms with van der Waals surface area (Å²) < 4.78 is 0. The van der Waals surface area contributed by atoms with Gasteiger partial charge in [-0.3, -0.25) is 0 Å². The second kappa shape index (κ2) is 3.75. The van der Waals surface area contributed by atoms with E-state index in [1.54, 1.807) is 30.3 Å².